The smallest absolute Gasteiger partial charge is 0.319 e. The van der Waals surface area contributed by atoms with Crippen LogP contribution in [0.3, 0.4) is 0 Å². The Morgan fingerprint density at radius 1 is 1.16 bits per heavy atom. The Balaban J connectivity index is 1.63. The number of benzene rings is 2. The predicted octanol–water partition coefficient (Wildman–Crippen LogP) is 4.88. The number of para-hydroxylation sites is 1. The van der Waals surface area contributed by atoms with Gasteiger partial charge in [0.1, 0.15) is 5.60 Å². The van der Waals surface area contributed by atoms with E-state index in [1.807, 2.05) is 19.9 Å². The number of nitrogens with zero attached hydrogens (tertiary/aromatic N) is 1. The Morgan fingerprint density at radius 3 is 2.65 bits per heavy atom. The van der Waals surface area contributed by atoms with Crippen molar-refractivity contribution < 1.29 is 13.9 Å². The summed E-state index contributed by atoms with van der Waals surface area (Å²) in [6.45, 7) is 4.01. The minimum atomic E-state index is -0.537. The molecule has 2 amide bonds. The van der Waals surface area contributed by atoms with Crippen LogP contribution in [0.4, 0.5) is 14.9 Å². The van der Waals surface area contributed by atoms with Crippen molar-refractivity contribution in [2.24, 2.45) is 7.05 Å². The molecule has 0 fully saturated rings. The Hall–Kier alpha value is -3.35. The van der Waals surface area contributed by atoms with Crippen LogP contribution in [0.1, 0.15) is 44.7 Å². The number of amides is 2. The zero-order valence-electron chi connectivity index (χ0n) is 17.9. The van der Waals surface area contributed by atoms with Gasteiger partial charge in [-0.15, -0.1) is 0 Å². The SMILES string of the molecule is CCC1(CC)C[C@@H](NC(=O)Nc2cccc3c2ccc(=O)n3C)c2cccc(F)c2O1. The van der Waals surface area contributed by atoms with E-state index in [1.54, 1.807) is 37.4 Å². The third-order valence-corrected chi connectivity index (χ3v) is 6.28. The Labute approximate surface area is 180 Å². The lowest BCUT2D eigenvalue weighted by molar-refractivity contribution is 0.0205. The molecule has 6 nitrogen and oxygen atoms in total. The van der Waals surface area contributed by atoms with Crippen molar-refractivity contribution in [3.8, 4) is 5.75 Å². The van der Waals surface area contributed by atoms with Crippen LogP contribution in [0.25, 0.3) is 10.9 Å². The van der Waals surface area contributed by atoms with Crippen molar-refractivity contribution in [3.63, 3.8) is 0 Å². The minimum Gasteiger partial charge on any atom is -0.484 e. The molecule has 0 spiro atoms. The molecule has 0 radical (unpaired) electrons. The zero-order chi connectivity index (χ0) is 22.2. The van der Waals surface area contributed by atoms with Gasteiger partial charge >= 0.3 is 6.03 Å². The van der Waals surface area contributed by atoms with Crippen molar-refractivity contribution in [2.45, 2.75) is 44.8 Å². The van der Waals surface area contributed by atoms with Crippen LogP contribution in [0.5, 0.6) is 5.75 Å². The van der Waals surface area contributed by atoms with E-state index < -0.39 is 23.5 Å². The molecular weight excluding hydrogens is 397 g/mol. The van der Waals surface area contributed by atoms with E-state index in [1.165, 1.54) is 16.7 Å². The molecule has 0 unspecified atom stereocenters. The molecule has 7 heteroatoms. The van der Waals surface area contributed by atoms with Gasteiger partial charge in [0, 0.05) is 30.5 Å². The van der Waals surface area contributed by atoms with Crippen LogP contribution in [0, 0.1) is 5.82 Å². The Bertz CT molecular complexity index is 1200. The second-order valence-corrected chi connectivity index (χ2v) is 7.97. The summed E-state index contributed by atoms with van der Waals surface area (Å²) < 4.78 is 22.1. The fourth-order valence-corrected chi connectivity index (χ4v) is 4.29. The topological polar surface area (TPSA) is 72.4 Å². The van der Waals surface area contributed by atoms with E-state index in [0.717, 1.165) is 10.9 Å². The standard InChI is InChI=1S/C24H26FN3O3/c1-4-24(5-2)14-19(16-8-6-9-17(25)22(16)31-24)27-23(30)26-18-10-7-11-20-15(18)12-13-21(29)28(20)3/h6-13,19H,4-5,14H2,1-3H3,(H2,26,27,30)/t19-/m1/s1. The molecule has 3 aromatic rings. The number of pyridine rings is 1. The number of carbonyl (C=O) groups is 1. The number of anilines is 1. The molecule has 162 valence electrons. The molecule has 1 atom stereocenters. The zero-order valence-corrected chi connectivity index (χ0v) is 17.9. The van der Waals surface area contributed by atoms with Gasteiger partial charge in [-0.1, -0.05) is 32.0 Å². The first-order chi connectivity index (χ1) is 14.9. The maximum atomic E-state index is 14.5. The van der Waals surface area contributed by atoms with Crippen LogP contribution in [0.15, 0.2) is 53.3 Å². The molecule has 0 saturated carbocycles. The fourth-order valence-electron chi connectivity index (χ4n) is 4.29. The van der Waals surface area contributed by atoms with Gasteiger partial charge in [-0.2, -0.15) is 0 Å². The van der Waals surface area contributed by atoms with Gasteiger partial charge in [0.05, 0.1) is 17.2 Å². The molecule has 31 heavy (non-hydrogen) atoms. The molecule has 2 N–H and O–H groups in total. The number of fused-ring (bicyclic) bond motifs is 2. The number of ether oxygens (including phenoxy) is 1. The van der Waals surface area contributed by atoms with Crippen LogP contribution in [-0.4, -0.2) is 16.2 Å². The van der Waals surface area contributed by atoms with Crippen molar-refractivity contribution >= 4 is 22.6 Å². The number of rotatable bonds is 4. The van der Waals surface area contributed by atoms with Gasteiger partial charge in [-0.25, -0.2) is 9.18 Å². The summed E-state index contributed by atoms with van der Waals surface area (Å²) in [5, 5.41) is 6.65. The summed E-state index contributed by atoms with van der Waals surface area (Å²) in [6, 6.07) is 12.6. The molecule has 4 rings (SSSR count). The van der Waals surface area contributed by atoms with Crippen molar-refractivity contribution in [1.29, 1.82) is 0 Å². The maximum Gasteiger partial charge on any atom is 0.319 e. The number of urea groups is 1. The van der Waals surface area contributed by atoms with E-state index in [9.17, 15) is 14.0 Å². The molecule has 0 aliphatic carbocycles. The quantitative estimate of drug-likeness (QED) is 0.628. The van der Waals surface area contributed by atoms with Gasteiger partial charge in [-0.05, 0) is 37.1 Å². The van der Waals surface area contributed by atoms with Crippen molar-refractivity contribution in [1.82, 2.24) is 9.88 Å². The molecule has 0 saturated heterocycles. The normalized spacial score (nSPS) is 17.0. The molecular formula is C24H26FN3O3. The van der Waals surface area contributed by atoms with Gasteiger partial charge in [-0.3, -0.25) is 4.79 Å². The molecule has 1 aliphatic heterocycles. The predicted molar refractivity (Wildman–Crippen MR) is 119 cm³/mol. The number of aromatic nitrogens is 1. The first-order valence-electron chi connectivity index (χ1n) is 10.5. The lowest BCUT2D eigenvalue weighted by Crippen LogP contribution is -2.45. The number of halogens is 1. The highest BCUT2D eigenvalue weighted by Gasteiger charge is 2.40. The van der Waals surface area contributed by atoms with E-state index in [4.69, 9.17) is 4.74 Å². The second kappa shape index (κ2) is 8.06. The average Bonchev–Trinajstić information content (AvgIpc) is 2.77. The Kier molecular flexibility index (Phi) is 5.43. The number of hydrogen-bond donors (Lipinski definition) is 2. The van der Waals surface area contributed by atoms with Crippen LogP contribution in [-0.2, 0) is 7.05 Å². The summed E-state index contributed by atoms with van der Waals surface area (Å²) in [5.41, 5.74) is 1.29. The third kappa shape index (κ3) is 3.76. The average molecular weight is 423 g/mol. The number of aryl methyl sites for hydroxylation is 1. The summed E-state index contributed by atoms with van der Waals surface area (Å²) in [6.07, 6.45) is 1.96. The van der Waals surface area contributed by atoms with Crippen LogP contribution >= 0.6 is 0 Å². The van der Waals surface area contributed by atoms with E-state index in [2.05, 4.69) is 10.6 Å². The van der Waals surface area contributed by atoms with E-state index in [0.29, 0.717) is 30.5 Å². The number of hydrogen-bond acceptors (Lipinski definition) is 3. The highest BCUT2D eigenvalue weighted by atomic mass is 19.1. The van der Waals surface area contributed by atoms with Gasteiger partial charge in [0.25, 0.3) is 5.56 Å². The summed E-state index contributed by atoms with van der Waals surface area (Å²) in [4.78, 5) is 24.8. The molecule has 0 bridgehead atoms. The number of carbonyl (C=O) groups excluding carboxylic acids is 1. The molecule has 1 aromatic heterocycles. The number of nitrogens with one attached hydrogen (secondary N) is 2. The van der Waals surface area contributed by atoms with Crippen LogP contribution in [0.2, 0.25) is 0 Å². The molecule has 2 heterocycles. The minimum absolute atomic E-state index is 0.120. The van der Waals surface area contributed by atoms with E-state index >= 15 is 0 Å². The van der Waals surface area contributed by atoms with Gasteiger partial charge in [0.2, 0.25) is 0 Å². The highest BCUT2D eigenvalue weighted by Crippen LogP contribution is 2.44. The fraction of sp³-hybridized carbons (Fsp3) is 0.333. The largest absolute Gasteiger partial charge is 0.484 e. The molecule has 1 aliphatic rings. The monoisotopic (exact) mass is 423 g/mol. The van der Waals surface area contributed by atoms with Crippen LogP contribution < -0.4 is 20.9 Å². The molecule has 2 aromatic carbocycles. The first-order valence-corrected chi connectivity index (χ1v) is 10.5. The summed E-state index contributed by atoms with van der Waals surface area (Å²) >= 11 is 0. The third-order valence-electron chi connectivity index (χ3n) is 6.28. The maximum absolute atomic E-state index is 14.5. The van der Waals surface area contributed by atoms with Gasteiger partial charge < -0.3 is 19.9 Å². The second-order valence-electron chi connectivity index (χ2n) is 7.97. The lowest BCUT2D eigenvalue weighted by Gasteiger charge is -2.41. The highest BCUT2D eigenvalue weighted by molar-refractivity contribution is 6.00. The summed E-state index contributed by atoms with van der Waals surface area (Å²) in [5.74, 6) is -0.214. The first kappa shape index (κ1) is 20.9. The lowest BCUT2D eigenvalue weighted by atomic mass is 9.83. The van der Waals surface area contributed by atoms with Crippen molar-refractivity contribution in [2.75, 3.05) is 5.32 Å². The van der Waals surface area contributed by atoms with Gasteiger partial charge in [0.15, 0.2) is 11.6 Å². The van der Waals surface area contributed by atoms with Crippen molar-refractivity contribution in [3.05, 3.63) is 70.3 Å². The summed E-state index contributed by atoms with van der Waals surface area (Å²) in [7, 11) is 1.69. The van der Waals surface area contributed by atoms with E-state index in [-0.39, 0.29) is 11.3 Å². The Morgan fingerprint density at radius 2 is 1.90 bits per heavy atom.